The van der Waals surface area contributed by atoms with E-state index >= 15 is 0 Å². The van der Waals surface area contributed by atoms with Crippen LogP contribution < -0.4 is 10.1 Å². The Morgan fingerprint density at radius 1 is 1.29 bits per heavy atom. The quantitative estimate of drug-likeness (QED) is 0.750. The molecule has 3 aromatic rings. The minimum absolute atomic E-state index is 0.110. The first-order chi connectivity index (χ1) is 11.6. The molecule has 24 heavy (non-hydrogen) atoms. The summed E-state index contributed by atoms with van der Waals surface area (Å²) in [4.78, 5) is 20.4. The Bertz CT molecular complexity index is 850. The largest absolute Gasteiger partial charge is 0.467 e. The zero-order chi connectivity index (χ0) is 17.1. The first-order valence-electron chi connectivity index (χ1n) is 7.69. The summed E-state index contributed by atoms with van der Waals surface area (Å²) >= 11 is 0. The molecule has 0 spiro atoms. The van der Waals surface area contributed by atoms with Crippen LogP contribution in [0.1, 0.15) is 29.9 Å². The first-order valence-corrected chi connectivity index (χ1v) is 7.69. The maximum atomic E-state index is 12.2. The summed E-state index contributed by atoms with van der Waals surface area (Å²) in [6.07, 6.45) is 1.43. The number of carbonyl (C=O) groups is 1. The van der Waals surface area contributed by atoms with Crippen LogP contribution in [-0.4, -0.2) is 32.7 Å². The summed E-state index contributed by atoms with van der Waals surface area (Å²) in [5, 5.41) is 10.8. The lowest BCUT2D eigenvalue weighted by Gasteiger charge is -2.15. The highest BCUT2D eigenvalue weighted by Gasteiger charge is 2.17. The maximum absolute atomic E-state index is 12.2. The molecule has 3 rings (SSSR count). The molecule has 1 atom stereocenters. The van der Waals surface area contributed by atoms with Crippen LogP contribution >= 0.6 is 0 Å². The second-order valence-electron chi connectivity index (χ2n) is 5.62. The number of benzene rings is 1. The summed E-state index contributed by atoms with van der Waals surface area (Å²) in [6.45, 7) is 5.65. The predicted molar refractivity (Wildman–Crippen MR) is 89.7 cm³/mol. The molecular formula is C17H19N5O2. The number of nitrogens with zero attached hydrogens (tertiary/aromatic N) is 3. The van der Waals surface area contributed by atoms with Crippen LogP contribution in [0.4, 0.5) is 0 Å². The number of aromatic nitrogens is 4. The first kappa shape index (κ1) is 15.9. The fourth-order valence-electron chi connectivity index (χ4n) is 2.78. The average molecular weight is 325 g/mol. The molecule has 0 aliphatic rings. The minimum atomic E-state index is -0.217. The van der Waals surface area contributed by atoms with E-state index in [1.807, 2.05) is 45.0 Å². The Labute approximate surface area is 139 Å². The van der Waals surface area contributed by atoms with Crippen molar-refractivity contribution in [3.8, 4) is 5.88 Å². The molecule has 1 amide bonds. The molecule has 0 saturated carbocycles. The number of ether oxygens (including phenoxy) is 1. The summed E-state index contributed by atoms with van der Waals surface area (Å²) in [5.74, 6) is 0.185. The number of aryl methyl sites for hydroxylation is 2. The maximum Gasteiger partial charge on any atom is 0.258 e. The number of nitrogens with one attached hydrogen (secondary N) is 2. The van der Waals surface area contributed by atoms with Crippen LogP contribution in [0.15, 0.2) is 30.6 Å². The Balaban J connectivity index is 1.65. The van der Waals surface area contributed by atoms with Crippen molar-refractivity contribution in [1.82, 2.24) is 25.5 Å². The number of hydrogen-bond acceptors (Lipinski definition) is 5. The molecule has 0 saturated heterocycles. The third kappa shape index (κ3) is 3.19. The van der Waals surface area contributed by atoms with Crippen molar-refractivity contribution < 1.29 is 9.53 Å². The van der Waals surface area contributed by atoms with Crippen molar-refractivity contribution in [3.63, 3.8) is 0 Å². The smallest absolute Gasteiger partial charge is 0.258 e. The van der Waals surface area contributed by atoms with Gasteiger partial charge in [-0.15, -0.1) is 0 Å². The van der Waals surface area contributed by atoms with Crippen LogP contribution in [0.5, 0.6) is 5.88 Å². The van der Waals surface area contributed by atoms with Crippen molar-refractivity contribution in [2.75, 3.05) is 6.61 Å². The molecule has 2 heterocycles. The highest BCUT2D eigenvalue weighted by Crippen LogP contribution is 2.21. The van der Waals surface area contributed by atoms with E-state index in [4.69, 9.17) is 4.74 Å². The SMILES string of the molecule is Cc1n[nH]c(C)c1C(C)NC(=O)COc1ncnc2ccccc12. The Morgan fingerprint density at radius 3 is 2.83 bits per heavy atom. The topological polar surface area (TPSA) is 92.8 Å². The molecule has 124 valence electrons. The van der Waals surface area contributed by atoms with Gasteiger partial charge in [-0.05, 0) is 32.9 Å². The summed E-state index contributed by atoms with van der Waals surface area (Å²) in [5.41, 5.74) is 3.60. The van der Waals surface area contributed by atoms with Gasteiger partial charge in [0.25, 0.3) is 5.91 Å². The lowest BCUT2D eigenvalue weighted by molar-refractivity contribution is -0.123. The van der Waals surface area contributed by atoms with Crippen molar-refractivity contribution in [1.29, 1.82) is 0 Å². The van der Waals surface area contributed by atoms with Crippen LogP contribution in [-0.2, 0) is 4.79 Å². The number of H-pyrrole nitrogens is 1. The molecule has 0 bridgehead atoms. The van der Waals surface area contributed by atoms with Gasteiger partial charge in [0.1, 0.15) is 6.33 Å². The van der Waals surface area contributed by atoms with Crippen LogP contribution in [0, 0.1) is 13.8 Å². The number of rotatable bonds is 5. The standard InChI is InChI=1S/C17H19N5O2/c1-10(16-11(2)21-22-12(16)3)20-15(23)8-24-17-13-6-4-5-7-14(13)18-9-19-17/h4-7,9-10H,8H2,1-3H3,(H,20,23)(H,21,22). The van der Waals surface area contributed by atoms with Crippen LogP contribution in [0.2, 0.25) is 0 Å². The molecule has 0 radical (unpaired) electrons. The van der Waals surface area contributed by atoms with E-state index in [9.17, 15) is 4.79 Å². The van der Waals surface area contributed by atoms with E-state index in [1.165, 1.54) is 6.33 Å². The fourth-order valence-corrected chi connectivity index (χ4v) is 2.78. The summed E-state index contributed by atoms with van der Waals surface area (Å²) < 4.78 is 5.57. The monoisotopic (exact) mass is 325 g/mol. The molecule has 0 aliphatic carbocycles. The van der Waals surface area contributed by atoms with E-state index in [-0.39, 0.29) is 18.6 Å². The molecular weight excluding hydrogens is 306 g/mol. The van der Waals surface area contributed by atoms with Gasteiger partial charge in [-0.1, -0.05) is 12.1 Å². The molecule has 0 fully saturated rings. The Morgan fingerprint density at radius 2 is 2.08 bits per heavy atom. The number of para-hydroxylation sites is 1. The average Bonchev–Trinajstić information content (AvgIpc) is 2.91. The number of fused-ring (bicyclic) bond motifs is 1. The predicted octanol–water partition coefficient (Wildman–Crippen LogP) is 2.23. The van der Waals surface area contributed by atoms with Gasteiger partial charge in [0, 0.05) is 11.3 Å². The molecule has 2 N–H and O–H groups in total. The molecule has 0 aliphatic heterocycles. The van der Waals surface area contributed by atoms with Gasteiger partial charge in [-0.25, -0.2) is 9.97 Å². The molecule has 1 unspecified atom stereocenters. The third-order valence-corrected chi connectivity index (χ3v) is 3.84. The second-order valence-corrected chi connectivity index (χ2v) is 5.62. The number of hydrogen-bond donors (Lipinski definition) is 2. The number of aromatic amines is 1. The zero-order valence-corrected chi connectivity index (χ0v) is 13.8. The highest BCUT2D eigenvalue weighted by atomic mass is 16.5. The fraction of sp³-hybridized carbons (Fsp3) is 0.294. The van der Waals surface area contributed by atoms with Crippen LogP contribution in [0.3, 0.4) is 0 Å². The van der Waals surface area contributed by atoms with Crippen molar-refractivity contribution >= 4 is 16.8 Å². The zero-order valence-electron chi connectivity index (χ0n) is 13.8. The van der Waals surface area contributed by atoms with Gasteiger partial charge >= 0.3 is 0 Å². The highest BCUT2D eigenvalue weighted by molar-refractivity contribution is 5.84. The summed E-state index contributed by atoms with van der Waals surface area (Å²) in [6, 6.07) is 7.36. The normalized spacial score (nSPS) is 12.1. The second kappa shape index (κ2) is 6.66. The minimum Gasteiger partial charge on any atom is -0.467 e. The van der Waals surface area contributed by atoms with E-state index in [2.05, 4.69) is 25.5 Å². The van der Waals surface area contributed by atoms with Crippen molar-refractivity contribution in [2.45, 2.75) is 26.8 Å². The molecule has 7 heteroatoms. The lowest BCUT2D eigenvalue weighted by Crippen LogP contribution is -2.31. The Hall–Kier alpha value is -2.96. The summed E-state index contributed by atoms with van der Waals surface area (Å²) in [7, 11) is 0. The van der Waals surface area contributed by atoms with Gasteiger partial charge in [0.05, 0.1) is 22.6 Å². The molecule has 7 nitrogen and oxygen atoms in total. The lowest BCUT2D eigenvalue weighted by atomic mass is 10.1. The van der Waals surface area contributed by atoms with Gasteiger partial charge in [0.15, 0.2) is 6.61 Å². The Kier molecular flexibility index (Phi) is 4.41. The molecule has 2 aromatic heterocycles. The third-order valence-electron chi connectivity index (χ3n) is 3.84. The molecule has 1 aromatic carbocycles. The van der Waals surface area contributed by atoms with E-state index in [1.54, 1.807) is 0 Å². The van der Waals surface area contributed by atoms with Crippen molar-refractivity contribution in [2.24, 2.45) is 0 Å². The van der Waals surface area contributed by atoms with Gasteiger partial charge in [0.2, 0.25) is 5.88 Å². The van der Waals surface area contributed by atoms with Crippen LogP contribution in [0.25, 0.3) is 10.9 Å². The van der Waals surface area contributed by atoms with Gasteiger partial charge in [-0.2, -0.15) is 5.10 Å². The number of amides is 1. The van der Waals surface area contributed by atoms with Gasteiger partial charge in [-0.3, -0.25) is 9.89 Å². The van der Waals surface area contributed by atoms with Gasteiger partial charge < -0.3 is 10.1 Å². The van der Waals surface area contributed by atoms with Crippen molar-refractivity contribution in [3.05, 3.63) is 47.5 Å². The van der Waals surface area contributed by atoms with E-state index < -0.39 is 0 Å². The number of carbonyl (C=O) groups excluding carboxylic acids is 1. The van der Waals surface area contributed by atoms with E-state index in [0.717, 1.165) is 27.9 Å². The van der Waals surface area contributed by atoms with E-state index in [0.29, 0.717) is 5.88 Å².